The highest BCUT2D eigenvalue weighted by Gasteiger charge is 2.23. The molecule has 0 spiro atoms. The molecule has 3 heteroatoms. The van der Waals surface area contributed by atoms with E-state index in [1.54, 1.807) is 0 Å². The van der Waals surface area contributed by atoms with Gasteiger partial charge in [0.05, 0.1) is 17.7 Å². The van der Waals surface area contributed by atoms with E-state index in [1.165, 1.54) is 0 Å². The topological polar surface area (TPSA) is 47.3 Å². The zero-order valence-corrected chi connectivity index (χ0v) is 10.1. The van der Waals surface area contributed by atoms with Crippen molar-refractivity contribution in [3.8, 4) is 6.07 Å². The summed E-state index contributed by atoms with van der Waals surface area (Å²) in [4.78, 5) is 2.29. The first-order valence-electron chi connectivity index (χ1n) is 6.14. The van der Waals surface area contributed by atoms with E-state index in [-0.39, 0.29) is 6.10 Å². The zero-order valence-electron chi connectivity index (χ0n) is 10.1. The Morgan fingerprint density at radius 2 is 2.12 bits per heavy atom. The fourth-order valence-electron chi connectivity index (χ4n) is 2.39. The molecule has 0 radical (unpaired) electrons. The summed E-state index contributed by atoms with van der Waals surface area (Å²) in [6, 6.07) is 9.80. The average Bonchev–Trinajstić information content (AvgIpc) is 2.39. The van der Waals surface area contributed by atoms with Gasteiger partial charge in [0.25, 0.3) is 0 Å². The number of nitriles is 1. The van der Waals surface area contributed by atoms with Crippen molar-refractivity contribution in [3.05, 3.63) is 29.8 Å². The van der Waals surface area contributed by atoms with Gasteiger partial charge in [-0.3, -0.25) is 0 Å². The molecule has 3 nitrogen and oxygen atoms in total. The number of aliphatic hydroxyl groups excluding tert-OH is 1. The van der Waals surface area contributed by atoms with E-state index in [2.05, 4.69) is 11.0 Å². The molecular formula is C14H18N2O. The van der Waals surface area contributed by atoms with Crippen LogP contribution in [0, 0.1) is 17.2 Å². The lowest BCUT2D eigenvalue weighted by atomic mass is 9.93. The molecule has 90 valence electrons. The molecule has 17 heavy (non-hydrogen) atoms. The molecule has 2 unspecified atom stereocenters. The van der Waals surface area contributed by atoms with Crippen molar-refractivity contribution in [1.29, 1.82) is 5.26 Å². The van der Waals surface area contributed by atoms with Crippen molar-refractivity contribution in [2.24, 2.45) is 5.92 Å². The van der Waals surface area contributed by atoms with Gasteiger partial charge in [0, 0.05) is 24.7 Å². The van der Waals surface area contributed by atoms with Gasteiger partial charge in [0.2, 0.25) is 0 Å². The fourth-order valence-corrected chi connectivity index (χ4v) is 2.39. The van der Waals surface area contributed by atoms with E-state index in [4.69, 9.17) is 5.26 Å². The van der Waals surface area contributed by atoms with Crippen LogP contribution < -0.4 is 4.90 Å². The van der Waals surface area contributed by atoms with Crippen LogP contribution in [-0.4, -0.2) is 24.3 Å². The maximum atomic E-state index is 9.65. The molecule has 1 aromatic carbocycles. The SMILES string of the molecule is CC(O)C1CCCN(c2ccc(C#N)cc2)C1. The normalized spacial score (nSPS) is 21.9. The minimum Gasteiger partial charge on any atom is -0.393 e. The quantitative estimate of drug-likeness (QED) is 0.847. The maximum Gasteiger partial charge on any atom is 0.0991 e. The molecule has 2 rings (SSSR count). The van der Waals surface area contributed by atoms with Crippen LogP contribution in [0.15, 0.2) is 24.3 Å². The van der Waals surface area contributed by atoms with Gasteiger partial charge in [-0.2, -0.15) is 5.26 Å². The third-order valence-electron chi connectivity index (χ3n) is 3.50. The number of nitrogens with zero attached hydrogens (tertiary/aromatic N) is 2. The van der Waals surface area contributed by atoms with Crippen molar-refractivity contribution in [1.82, 2.24) is 0 Å². The van der Waals surface area contributed by atoms with E-state index >= 15 is 0 Å². The molecule has 0 bridgehead atoms. The largest absolute Gasteiger partial charge is 0.393 e. The van der Waals surface area contributed by atoms with Gasteiger partial charge in [-0.25, -0.2) is 0 Å². The van der Waals surface area contributed by atoms with Crippen LogP contribution in [0.5, 0.6) is 0 Å². The van der Waals surface area contributed by atoms with Crippen LogP contribution in [0.4, 0.5) is 5.69 Å². The van der Waals surface area contributed by atoms with Gasteiger partial charge in [-0.15, -0.1) is 0 Å². The average molecular weight is 230 g/mol. The number of piperidine rings is 1. The Hall–Kier alpha value is -1.53. The van der Waals surface area contributed by atoms with Crippen molar-refractivity contribution in [2.75, 3.05) is 18.0 Å². The van der Waals surface area contributed by atoms with Gasteiger partial charge in [-0.05, 0) is 44.0 Å². The van der Waals surface area contributed by atoms with Gasteiger partial charge in [0.1, 0.15) is 0 Å². The molecule has 1 saturated heterocycles. The molecular weight excluding hydrogens is 212 g/mol. The first kappa shape index (κ1) is 11.9. The van der Waals surface area contributed by atoms with E-state index in [9.17, 15) is 5.11 Å². The zero-order chi connectivity index (χ0) is 12.3. The Morgan fingerprint density at radius 1 is 1.41 bits per heavy atom. The van der Waals surface area contributed by atoms with Crippen LogP contribution in [0.2, 0.25) is 0 Å². The Morgan fingerprint density at radius 3 is 2.71 bits per heavy atom. The lowest BCUT2D eigenvalue weighted by Gasteiger charge is -2.35. The monoisotopic (exact) mass is 230 g/mol. The molecule has 0 amide bonds. The molecule has 0 aliphatic carbocycles. The Balaban J connectivity index is 2.08. The highest BCUT2D eigenvalue weighted by Crippen LogP contribution is 2.25. The smallest absolute Gasteiger partial charge is 0.0991 e. The summed E-state index contributed by atoms with van der Waals surface area (Å²) >= 11 is 0. The van der Waals surface area contributed by atoms with Crippen LogP contribution >= 0.6 is 0 Å². The Kier molecular flexibility index (Phi) is 3.65. The van der Waals surface area contributed by atoms with E-state index < -0.39 is 0 Å². The molecule has 1 N–H and O–H groups in total. The Bertz CT molecular complexity index is 405. The Labute approximate surface area is 102 Å². The second-order valence-electron chi connectivity index (χ2n) is 4.75. The summed E-state index contributed by atoms with van der Waals surface area (Å²) in [5, 5.41) is 18.4. The highest BCUT2D eigenvalue weighted by molar-refractivity contribution is 5.50. The number of anilines is 1. The summed E-state index contributed by atoms with van der Waals surface area (Å²) in [5.41, 5.74) is 1.84. The summed E-state index contributed by atoms with van der Waals surface area (Å²) in [5.74, 6) is 0.361. The molecule has 0 aromatic heterocycles. The second kappa shape index (κ2) is 5.20. The molecule has 1 fully saturated rings. The summed E-state index contributed by atoms with van der Waals surface area (Å²) in [6.45, 7) is 3.81. The lowest BCUT2D eigenvalue weighted by molar-refractivity contribution is 0.115. The summed E-state index contributed by atoms with van der Waals surface area (Å²) in [6.07, 6.45) is 1.98. The fraction of sp³-hybridized carbons (Fsp3) is 0.500. The van der Waals surface area contributed by atoms with E-state index in [0.717, 1.165) is 31.6 Å². The summed E-state index contributed by atoms with van der Waals surface area (Å²) in [7, 11) is 0. The van der Waals surface area contributed by atoms with Crippen LogP contribution in [-0.2, 0) is 0 Å². The van der Waals surface area contributed by atoms with E-state index in [0.29, 0.717) is 11.5 Å². The molecule has 1 aromatic rings. The predicted molar refractivity (Wildman–Crippen MR) is 67.8 cm³/mol. The van der Waals surface area contributed by atoms with Crippen molar-refractivity contribution in [3.63, 3.8) is 0 Å². The maximum absolute atomic E-state index is 9.65. The highest BCUT2D eigenvalue weighted by atomic mass is 16.3. The van der Waals surface area contributed by atoms with Crippen molar-refractivity contribution in [2.45, 2.75) is 25.9 Å². The first-order chi connectivity index (χ1) is 8.20. The molecule has 1 heterocycles. The summed E-state index contributed by atoms with van der Waals surface area (Å²) < 4.78 is 0. The molecule has 1 aliphatic heterocycles. The van der Waals surface area contributed by atoms with Gasteiger partial charge >= 0.3 is 0 Å². The minimum absolute atomic E-state index is 0.240. The third-order valence-corrected chi connectivity index (χ3v) is 3.50. The standard InChI is InChI=1S/C14H18N2O/c1-11(17)13-3-2-8-16(10-13)14-6-4-12(9-15)5-7-14/h4-7,11,13,17H,2-3,8,10H2,1H3. The second-order valence-corrected chi connectivity index (χ2v) is 4.75. The number of hydrogen-bond donors (Lipinski definition) is 1. The number of aliphatic hydroxyl groups is 1. The number of benzene rings is 1. The lowest BCUT2D eigenvalue weighted by Crippen LogP contribution is -2.39. The number of hydrogen-bond acceptors (Lipinski definition) is 3. The molecule has 0 saturated carbocycles. The minimum atomic E-state index is -0.240. The number of rotatable bonds is 2. The third kappa shape index (κ3) is 2.78. The van der Waals surface area contributed by atoms with E-state index in [1.807, 2.05) is 31.2 Å². The van der Waals surface area contributed by atoms with Gasteiger partial charge in [-0.1, -0.05) is 0 Å². The van der Waals surface area contributed by atoms with Crippen molar-refractivity contribution < 1.29 is 5.11 Å². The molecule has 2 atom stereocenters. The van der Waals surface area contributed by atoms with Gasteiger partial charge in [0.15, 0.2) is 0 Å². The first-order valence-corrected chi connectivity index (χ1v) is 6.14. The van der Waals surface area contributed by atoms with Crippen LogP contribution in [0.1, 0.15) is 25.3 Å². The van der Waals surface area contributed by atoms with Crippen LogP contribution in [0.3, 0.4) is 0 Å². The van der Waals surface area contributed by atoms with Crippen molar-refractivity contribution >= 4 is 5.69 Å². The molecule has 1 aliphatic rings. The van der Waals surface area contributed by atoms with Gasteiger partial charge < -0.3 is 10.0 Å². The predicted octanol–water partition coefficient (Wildman–Crippen LogP) is 2.16. The van der Waals surface area contributed by atoms with Crippen LogP contribution in [0.25, 0.3) is 0 Å².